The van der Waals surface area contributed by atoms with Crippen LogP contribution >= 0.6 is 11.6 Å². The highest BCUT2D eigenvalue weighted by Crippen LogP contribution is 2.21. The van der Waals surface area contributed by atoms with E-state index in [0.717, 1.165) is 6.20 Å². The Morgan fingerprint density at radius 2 is 2.17 bits per heavy atom. The molecule has 0 saturated heterocycles. The molecule has 1 aromatic heterocycles. The van der Waals surface area contributed by atoms with Crippen molar-refractivity contribution in [1.82, 2.24) is 15.3 Å². The number of ether oxygens (including phenoxy) is 1. The van der Waals surface area contributed by atoms with Gasteiger partial charge in [0.2, 0.25) is 11.1 Å². The van der Waals surface area contributed by atoms with Gasteiger partial charge in [0.25, 0.3) is 0 Å². The fraction of sp³-hybridized carbons (Fsp3) is 0.615. The van der Waals surface area contributed by atoms with Crippen molar-refractivity contribution in [2.75, 3.05) is 11.9 Å². The lowest BCUT2D eigenvalue weighted by Crippen LogP contribution is -2.42. The first kappa shape index (κ1) is 18.9. The molecular weight excluding hydrogens is 326 g/mol. The molecule has 0 radical (unpaired) electrons. The molecule has 1 amide bonds. The molecule has 0 saturated carbocycles. The molecule has 1 rings (SSSR count). The van der Waals surface area contributed by atoms with E-state index in [-0.39, 0.29) is 28.4 Å². The van der Waals surface area contributed by atoms with E-state index in [4.69, 9.17) is 16.3 Å². The van der Waals surface area contributed by atoms with Gasteiger partial charge in [-0.25, -0.2) is 9.78 Å². The van der Waals surface area contributed by atoms with Gasteiger partial charge in [0.05, 0.1) is 4.92 Å². The minimum absolute atomic E-state index is 0.0290. The minimum Gasteiger partial charge on any atom is -0.446 e. The van der Waals surface area contributed by atoms with Gasteiger partial charge in [0.1, 0.15) is 12.3 Å². The van der Waals surface area contributed by atoms with E-state index < -0.39 is 11.0 Å². The molecule has 1 atom stereocenters. The molecule has 0 aliphatic rings. The molecule has 0 aliphatic carbocycles. The van der Waals surface area contributed by atoms with Crippen LogP contribution in [-0.2, 0) is 4.74 Å². The van der Waals surface area contributed by atoms with Crippen molar-refractivity contribution in [1.29, 1.82) is 0 Å². The van der Waals surface area contributed by atoms with Crippen LogP contribution in [0, 0.1) is 10.1 Å². The summed E-state index contributed by atoms with van der Waals surface area (Å²) in [6.45, 7) is 7.58. The van der Waals surface area contributed by atoms with Gasteiger partial charge in [-0.3, -0.25) is 10.1 Å². The zero-order valence-electron chi connectivity index (χ0n) is 13.4. The molecule has 10 heteroatoms. The van der Waals surface area contributed by atoms with Crippen LogP contribution in [0.1, 0.15) is 34.1 Å². The van der Waals surface area contributed by atoms with Gasteiger partial charge in [0, 0.05) is 18.5 Å². The molecule has 1 heterocycles. The topological polar surface area (TPSA) is 119 Å². The zero-order valence-corrected chi connectivity index (χ0v) is 14.2. The van der Waals surface area contributed by atoms with E-state index in [1.165, 1.54) is 0 Å². The van der Waals surface area contributed by atoms with Gasteiger partial charge in [0.15, 0.2) is 0 Å². The smallest absolute Gasteiger partial charge is 0.407 e. The average molecular weight is 346 g/mol. The van der Waals surface area contributed by atoms with Gasteiger partial charge in [-0.1, -0.05) is 0 Å². The molecule has 0 fully saturated rings. The lowest BCUT2D eigenvalue weighted by molar-refractivity contribution is -0.384. The third kappa shape index (κ3) is 7.09. The van der Waals surface area contributed by atoms with E-state index in [1.807, 2.05) is 20.8 Å². The van der Waals surface area contributed by atoms with E-state index in [9.17, 15) is 14.9 Å². The van der Waals surface area contributed by atoms with Crippen LogP contribution in [0.25, 0.3) is 0 Å². The SMILES string of the molecule is CC(CCNc1nc(Cl)ncc1[N+](=O)[O-])OC(=O)NC(C)(C)C. The molecule has 128 valence electrons. The number of nitro groups is 1. The third-order valence-corrected chi connectivity index (χ3v) is 2.75. The summed E-state index contributed by atoms with van der Waals surface area (Å²) < 4.78 is 5.18. The van der Waals surface area contributed by atoms with E-state index in [1.54, 1.807) is 6.92 Å². The van der Waals surface area contributed by atoms with Crippen molar-refractivity contribution < 1.29 is 14.5 Å². The minimum atomic E-state index is -0.602. The number of nitrogens with zero attached hydrogens (tertiary/aromatic N) is 3. The van der Waals surface area contributed by atoms with Crippen LogP contribution in [0.5, 0.6) is 0 Å². The average Bonchev–Trinajstić information content (AvgIpc) is 2.35. The fourth-order valence-corrected chi connectivity index (χ4v) is 1.72. The second-order valence-corrected chi connectivity index (χ2v) is 6.27. The number of amides is 1. The van der Waals surface area contributed by atoms with Crippen LogP contribution in [0.2, 0.25) is 5.28 Å². The summed E-state index contributed by atoms with van der Waals surface area (Å²) in [6.07, 6.45) is 0.590. The van der Waals surface area contributed by atoms with Crippen molar-refractivity contribution in [2.45, 2.75) is 45.8 Å². The van der Waals surface area contributed by atoms with Gasteiger partial charge >= 0.3 is 11.8 Å². The van der Waals surface area contributed by atoms with Gasteiger partial charge < -0.3 is 15.4 Å². The molecule has 0 aromatic carbocycles. The van der Waals surface area contributed by atoms with Crippen LogP contribution < -0.4 is 10.6 Å². The first-order chi connectivity index (χ1) is 10.6. The normalized spacial score (nSPS) is 12.4. The second-order valence-electron chi connectivity index (χ2n) is 5.94. The van der Waals surface area contributed by atoms with E-state index in [0.29, 0.717) is 13.0 Å². The van der Waals surface area contributed by atoms with E-state index in [2.05, 4.69) is 20.6 Å². The molecule has 0 aliphatic heterocycles. The number of rotatable bonds is 6. The Bertz CT molecular complexity index is 576. The monoisotopic (exact) mass is 345 g/mol. The number of carbonyl (C=O) groups is 1. The molecule has 1 unspecified atom stereocenters. The lowest BCUT2D eigenvalue weighted by Gasteiger charge is -2.22. The number of aromatic nitrogens is 2. The number of anilines is 1. The number of halogens is 1. The summed E-state index contributed by atoms with van der Waals surface area (Å²) in [5.74, 6) is 0.0290. The van der Waals surface area contributed by atoms with Crippen molar-refractivity contribution >= 4 is 29.2 Å². The zero-order chi connectivity index (χ0) is 17.6. The molecular formula is C13H20ClN5O4. The first-order valence-electron chi connectivity index (χ1n) is 6.98. The van der Waals surface area contributed by atoms with Crippen LogP contribution in [0.4, 0.5) is 16.3 Å². The van der Waals surface area contributed by atoms with Crippen molar-refractivity contribution in [3.8, 4) is 0 Å². The third-order valence-electron chi connectivity index (χ3n) is 2.57. The number of nitrogens with one attached hydrogen (secondary N) is 2. The highest BCUT2D eigenvalue weighted by Gasteiger charge is 2.18. The van der Waals surface area contributed by atoms with E-state index >= 15 is 0 Å². The maximum absolute atomic E-state index is 11.6. The predicted octanol–water partition coefficient (Wildman–Crippen LogP) is 2.75. The summed E-state index contributed by atoms with van der Waals surface area (Å²) in [4.78, 5) is 29.2. The first-order valence-corrected chi connectivity index (χ1v) is 7.36. The summed E-state index contributed by atoms with van der Waals surface area (Å²) in [5.41, 5.74) is -0.652. The largest absolute Gasteiger partial charge is 0.446 e. The molecule has 0 spiro atoms. The number of hydrogen-bond acceptors (Lipinski definition) is 7. The van der Waals surface area contributed by atoms with Gasteiger partial charge in [-0.2, -0.15) is 4.98 Å². The van der Waals surface area contributed by atoms with Gasteiger partial charge in [-0.05, 0) is 39.3 Å². The quantitative estimate of drug-likeness (QED) is 0.462. The fourth-order valence-electron chi connectivity index (χ4n) is 1.59. The van der Waals surface area contributed by atoms with Crippen LogP contribution in [0.3, 0.4) is 0 Å². The Hall–Kier alpha value is -2.16. The summed E-state index contributed by atoms with van der Waals surface area (Å²) in [6, 6.07) is 0. The maximum Gasteiger partial charge on any atom is 0.407 e. The Morgan fingerprint density at radius 1 is 1.52 bits per heavy atom. The summed E-state index contributed by atoms with van der Waals surface area (Å²) >= 11 is 5.63. The Balaban J connectivity index is 2.49. The maximum atomic E-state index is 11.6. The highest BCUT2D eigenvalue weighted by atomic mass is 35.5. The Kier molecular flexibility index (Phi) is 6.49. The molecule has 9 nitrogen and oxygen atoms in total. The summed E-state index contributed by atoms with van der Waals surface area (Å²) in [5, 5.41) is 16.3. The van der Waals surface area contributed by atoms with Crippen molar-refractivity contribution in [3.05, 3.63) is 21.6 Å². The van der Waals surface area contributed by atoms with Crippen molar-refractivity contribution in [2.24, 2.45) is 0 Å². The molecule has 2 N–H and O–H groups in total. The second kappa shape index (κ2) is 7.91. The predicted molar refractivity (Wildman–Crippen MR) is 85.6 cm³/mol. The molecule has 23 heavy (non-hydrogen) atoms. The number of hydrogen-bond donors (Lipinski definition) is 2. The Labute approximate surface area is 138 Å². The molecule has 1 aromatic rings. The van der Waals surface area contributed by atoms with Crippen LogP contribution in [-0.4, -0.2) is 39.2 Å². The van der Waals surface area contributed by atoms with Gasteiger partial charge in [-0.15, -0.1) is 0 Å². The molecule has 0 bridgehead atoms. The number of alkyl carbamates (subject to hydrolysis) is 1. The highest BCUT2D eigenvalue weighted by molar-refractivity contribution is 6.28. The Morgan fingerprint density at radius 3 is 2.74 bits per heavy atom. The van der Waals surface area contributed by atoms with Crippen LogP contribution in [0.15, 0.2) is 6.20 Å². The standard InChI is InChI=1S/C13H20ClN5O4/c1-8(23-12(20)18-13(2,3)4)5-6-15-10-9(19(21)22)7-16-11(14)17-10/h7-8H,5-6H2,1-4H3,(H,18,20)(H,15,16,17). The lowest BCUT2D eigenvalue weighted by atomic mass is 10.1. The number of carbonyl (C=O) groups excluding carboxylic acids is 1. The summed E-state index contributed by atoms with van der Waals surface area (Å²) in [7, 11) is 0. The van der Waals surface area contributed by atoms with Crippen molar-refractivity contribution in [3.63, 3.8) is 0 Å².